The predicted octanol–water partition coefficient (Wildman–Crippen LogP) is 3.37. The summed E-state index contributed by atoms with van der Waals surface area (Å²) in [5, 5.41) is 6.89. The number of carbonyl (C=O) groups excluding carboxylic acids is 2. The topological polar surface area (TPSA) is 81.4 Å². The van der Waals surface area contributed by atoms with Crippen LogP contribution in [0.4, 0.5) is 5.69 Å². The number of carbonyl (C=O) groups is 2. The number of halogens is 1. The number of hydrogen-bond donors (Lipinski definition) is 1. The number of esters is 1. The average molecular weight is 323 g/mol. The van der Waals surface area contributed by atoms with E-state index in [0.29, 0.717) is 10.7 Å². The van der Waals surface area contributed by atoms with Gasteiger partial charge in [-0.25, -0.2) is 4.79 Å². The van der Waals surface area contributed by atoms with Crippen LogP contribution in [0.5, 0.6) is 0 Å². The lowest BCUT2D eigenvalue weighted by Gasteiger charge is -2.07. The zero-order valence-corrected chi connectivity index (χ0v) is 13.2. The van der Waals surface area contributed by atoms with Crippen molar-refractivity contribution in [1.29, 1.82) is 0 Å². The summed E-state index contributed by atoms with van der Waals surface area (Å²) in [5.41, 5.74) is 1.31. The molecule has 0 aliphatic rings. The van der Waals surface area contributed by atoms with Crippen LogP contribution in [0.25, 0.3) is 0 Å². The van der Waals surface area contributed by atoms with E-state index in [1.54, 1.807) is 32.0 Å². The Morgan fingerprint density at radius 3 is 2.73 bits per heavy atom. The first kappa shape index (κ1) is 16.0. The fourth-order valence-corrected chi connectivity index (χ4v) is 2.01. The highest BCUT2D eigenvalue weighted by Crippen LogP contribution is 2.21. The molecule has 0 unspecified atom stereocenters. The van der Waals surface area contributed by atoms with Gasteiger partial charge in [0.05, 0.1) is 6.61 Å². The van der Waals surface area contributed by atoms with Gasteiger partial charge in [0.15, 0.2) is 0 Å². The van der Waals surface area contributed by atoms with Gasteiger partial charge in [-0.2, -0.15) is 0 Å². The second-order valence-electron chi connectivity index (χ2n) is 4.60. The fourth-order valence-electron chi connectivity index (χ4n) is 1.89. The fraction of sp³-hybridized carbons (Fsp3) is 0.267. The molecule has 0 fully saturated rings. The normalized spacial score (nSPS) is 10.4. The second-order valence-corrected chi connectivity index (χ2v) is 5.01. The average Bonchev–Trinajstić information content (AvgIpc) is 2.85. The van der Waals surface area contributed by atoms with Gasteiger partial charge in [0.25, 0.3) is 5.91 Å². The SMILES string of the molecule is CCOC(=O)c1noc(C)c1C(=O)Nc1ccc(Cl)c(C)c1. The molecule has 0 radical (unpaired) electrons. The third kappa shape index (κ3) is 3.28. The van der Waals surface area contributed by atoms with Gasteiger partial charge in [-0.15, -0.1) is 0 Å². The van der Waals surface area contributed by atoms with Crippen molar-refractivity contribution in [2.75, 3.05) is 11.9 Å². The summed E-state index contributed by atoms with van der Waals surface area (Å²) in [7, 11) is 0. The van der Waals surface area contributed by atoms with Crippen LogP contribution < -0.4 is 5.32 Å². The van der Waals surface area contributed by atoms with Crippen molar-refractivity contribution in [2.24, 2.45) is 0 Å². The molecule has 6 nitrogen and oxygen atoms in total. The van der Waals surface area contributed by atoms with Crippen molar-refractivity contribution in [1.82, 2.24) is 5.16 Å². The molecule has 0 bridgehead atoms. The summed E-state index contributed by atoms with van der Waals surface area (Å²) in [5.74, 6) is -0.952. The van der Waals surface area contributed by atoms with E-state index in [1.807, 2.05) is 6.92 Å². The molecule has 0 atom stereocenters. The van der Waals surface area contributed by atoms with Crippen molar-refractivity contribution in [3.8, 4) is 0 Å². The molecule has 7 heteroatoms. The largest absolute Gasteiger partial charge is 0.461 e. The van der Waals surface area contributed by atoms with Crippen molar-refractivity contribution >= 4 is 29.2 Å². The molecule has 0 saturated heterocycles. The lowest BCUT2D eigenvalue weighted by Crippen LogP contribution is -2.17. The van der Waals surface area contributed by atoms with Crippen molar-refractivity contribution in [3.63, 3.8) is 0 Å². The summed E-state index contributed by atoms with van der Waals surface area (Å²) in [4.78, 5) is 24.2. The summed E-state index contributed by atoms with van der Waals surface area (Å²) in [6.07, 6.45) is 0. The molecule has 116 valence electrons. The predicted molar refractivity (Wildman–Crippen MR) is 81.3 cm³/mol. The smallest absolute Gasteiger partial charge is 0.361 e. The van der Waals surface area contributed by atoms with Crippen LogP contribution in [0.1, 0.15) is 39.1 Å². The Kier molecular flexibility index (Phi) is 4.82. The van der Waals surface area contributed by atoms with Crippen LogP contribution in [0.15, 0.2) is 22.7 Å². The number of rotatable bonds is 4. The van der Waals surface area contributed by atoms with Crippen molar-refractivity contribution in [3.05, 3.63) is 45.8 Å². The molecular weight excluding hydrogens is 308 g/mol. The van der Waals surface area contributed by atoms with Gasteiger partial charge in [-0.05, 0) is 44.5 Å². The first-order chi connectivity index (χ1) is 10.4. The number of benzene rings is 1. The minimum Gasteiger partial charge on any atom is -0.461 e. The molecule has 22 heavy (non-hydrogen) atoms. The standard InChI is InChI=1S/C15H15ClN2O4/c1-4-21-15(20)13-12(9(3)22-18-13)14(19)17-10-5-6-11(16)8(2)7-10/h5-7H,4H2,1-3H3,(H,17,19). The molecule has 1 N–H and O–H groups in total. The molecule has 1 aromatic carbocycles. The Morgan fingerprint density at radius 2 is 2.09 bits per heavy atom. The summed E-state index contributed by atoms with van der Waals surface area (Å²) >= 11 is 5.94. The van der Waals surface area contributed by atoms with Crippen LogP contribution in [-0.2, 0) is 4.74 Å². The van der Waals surface area contributed by atoms with Gasteiger partial charge in [-0.1, -0.05) is 16.8 Å². The molecule has 2 rings (SSSR count). The summed E-state index contributed by atoms with van der Waals surface area (Å²) in [6.45, 7) is 5.23. The molecule has 0 aliphatic heterocycles. The highest BCUT2D eigenvalue weighted by atomic mass is 35.5. The van der Waals surface area contributed by atoms with Gasteiger partial charge >= 0.3 is 5.97 Å². The number of nitrogens with one attached hydrogen (secondary N) is 1. The number of ether oxygens (including phenoxy) is 1. The summed E-state index contributed by atoms with van der Waals surface area (Å²) in [6, 6.07) is 5.08. The van der Waals surface area contributed by atoms with E-state index in [2.05, 4.69) is 10.5 Å². The van der Waals surface area contributed by atoms with Gasteiger partial charge in [-0.3, -0.25) is 4.79 Å². The maximum Gasteiger partial charge on any atom is 0.361 e. The Morgan fingerprint density at radius 1 is 1.36 bits per heavy atom. The van der Waals surface area contributed by atoms with Crippen LogP contribution in [0, 0.1) is 13.8 Å². The number of aromatic nitrogens is 1. The van der Waals surface area contributed by atoms with Crippen LogP contribution in [0.2, 0.25) is 5.02 Å². The Labute approximate surface area is 132 Å². The van der Waals surface area contributed by atoms with E-state index < -0.39 is 11.9 Å². The second kappa shape index (κ2) is 6.62. The monoisotopic (exact) mass is 322 g/mol. The van der Waals surface area contributed by atoms with Gasteiger partial charge < -0.3 is 14.6 Å². The minimum absolute atomic E-state index is 0.0612. The molecule has 0 spiro atoms. The highest BCUT2D eigenvalue weighted by Gasteiger charge is 2.26. The van der Waals surface area contributed by atoms with Gasteiger partial charge in [0.2, 0.25) is 5.69 Å². The van der Waals surface area contributed by atoms with E-state index in [4.69, 9.17) is 20.9 Å². The van der Waals surface area contributed by atoms with Crippen LogP contribution in [0.3, 0.4) is 0 Å². The zero-order valence-electron chi connectivity index (χ0n) is 12.4. The number of hydrogen-bond acceptors (Lipinski definition) is 5. The molecule has 1 aromatic heterocycles. The van der Waals surface area contributed by atoms with E-state index in [-0.39, 0.29) is 23.6 Å². The van der Waals surface area contributed by atoms with E-state index in [0.717, 1.165) is 5.56 Å². The summed E-state index contributed by atoms with van der Waals surface area (Å²) < 4.78 is 9.79. The van der Waals surface area contributed by atoms with E-state index >= 15 is 0 Å². The molecule has 0 aliphatic carbocycles. The lowest BCUT2D eigenvalue weighted by atomic mass is 10.1. The third-order valence-electron chi connectivity index (χ3n) is 2.97. The quantitative estimate of drug-likeness (QED) is 0.873. The van der Waals surface area contributed by atoms with Crippen molar-refractivity contribution < 1.29 is 18.8 Å². The Balaban J connectivity index is 2.27. The minimum atomic E-state index is -0.697. The highest BCUT2D eigenvalue weighted by molar-refractivity contribution is 6.31. The number of nitrogens with zero attached hydrogens (tertiary/aromatic N) is 1. The van der Waals surface area contributed by atoms with E-state index in [9.17, 15) is 9.59 Å². The lowest BCUT2D eigenvalue weighted by molar-refractivity contribution is 0.0512. The first-order valence-electron chi connectivity index (χ1n) is 6.65. The molecule has 1 heterocycles. The van der Waals surface area contributed by atoms with Crippen LogP contribution >= 0.6 is 11.6 Å². The molecule has 2 aromatic rings. The van der Waals surface area contributed by atoms with Crippen LogP contribution in [-0.4, -0.2) is 23.6 Å². The zero-order chi connectivity index (χ0) is 16.3. The van der Waals surface area contributed by atoms with Gasteiger partial charge in [0.1, 0.15) is 11.3 Å². The number of amides is 1. The number of aryl methyl sites for hydroxylation is 2. The molecule has 0 saturated carbocycles. The van der Waals surface area contributed by atoms with Gasteiger partial charge in [0, 0.05) is 10.7 Å². The number of anilines is 1. The Bertz CT molecular complexity index is 724. The van der Waals surface area contributed by atoms with Crippen molar-refractivity contribution in [2.45, 2.75) is 20.8 Å². The maximum atomic E-state index is 12.4. The maximum absolute atomic E-state index is 12.4. The first-order valence-corrected chi connectivity index (χ1v) is 7.02. The van der Waals surface area contributed by atoms with E-state index in [1.165, 1.54) is 0 Å². The molecular formula is C15H15ClN2O4. The molecule has 1 amide bonds. The third-order valence-corrected chi connectivity index (χ3v) is 3.40. The Hall–Kier alpha value is -2.34.